The molecule has 4 nitrogen and oxygen atoms in total. The molecule has 0 atom stereocenters. The zero-order valence-corrected chi connectivity index (χ0v) is 13.7. The first-order valence-electron chi connectivity index (χ1n) is 5.64. The van der Waals surface area contributed by atoms with E-state index in [-0.39, 0.29) is 10.6 Å². The normalized spacial score (nSPS) is 11.3. The Balaban J connectivity index is 2.41. The molecule has 0 fully saturated rings. The summed E-state index contributed by atoms with van der Waals surface area (Å²) in [7, 11) is -3.70. The minimum Gasteiger partial charge on any atom is -0.397 e. The molecular formula is C13H12BrClN2O2S. The molecule has 0 saturated heterocycles. The zero-order chi connectivity index (χ0) is 14.9. The SMILES string of the molecule is Cc1c(Br)cccc1NS(=O)(=O)c1ccc(Cl)c(N)c1. The zero-order valence-electron chi connectivity index (χ0n) is 10.5. The maximum atomic E-state index is 12.3. The van der Waals surface area contributed by atoms with Crippen LogP contribution in [0.2, 0.25) is 5.02 Å². The quantitative estimate of drug-likeness (QED) is 0.802. The Morgan fingerprint density at radius 3 is 2.60 bits per heavy atom. The molecule has 106 valence electrons. The van der Waals surface area contributed by atoms with Gasteiger partial charge in [0.15, 0.2) is 0 Å². The molecule has 20 heavy (non-hydrogen) atoms. The summed E-state index contributed by atoms with van der Waals surface area (Å²) in [5.74, 6) is 0. The molecule has 0 unspecified atom stereocenters. The second-order valence-corrected chi connectivity index (χ2v) is 7.15. The summed E-state index contributed by atoms with van der Waals surface area (Å²) < 4.78 is 28.0. The van der Waals surface area contributed by atoms with Crippen LogP contribution in [0.4, 0.5) is 11.4 Å². The topological polar surface area (TPSA) is 72.2 Å². The van der Waals surface area contributed by atoms with Crippen molar-refractivity contribution < 1.29 is 8.42 Å². The molecule has 0 amide bonds. The van der Waals surface area contributed by atoms with Crippen molar-refractivity contribution in [2.75, 3.05) is 10.5 Å². The molecule has 0 aliphatic rings. The molecular weight excluding hydrogens is 364 g/mol. The number of rotatable bonds is 3. The van der Waals surface area contributed by atoms with Gasteiger partial charge in [-0.25, -0.2) is 8.42 Å². The van der Waals surface area contributed by atoms with E-state index in [0.717, 1.165) is 10.0 Å². The Hall–Kier alpha value is -1.24. The second-order valence-electron chi connectivity index (χ2n) is 4.20. The molecule has 2 aromatic rings. The summed E-state index contributed by atoms with van der Waals surface area (Å²) in [4.78, 5) is 0.0683. The van der Waals surface area contributed by atoms with Crippen molar-refractivity contribution in [3.8, 4) is 0 Å². The summed E-state index contributed by atoms with van der Waals surface area (Å²) in [6.07, 6.45) is 0. The molecule has 2 aromatic carbocycles. The standard InChI is InChI=1S/C13H12BrClN2O2S/c1-8-10(14)3-2-4-13(8)17-20(18,19)9-5-6-11(15)12(16)7-9/h2-7,17H,16H2,1H3. The smallest absolute Gasteiger partial charge is 0.261 e. The van der Waals surface area contributed by atoms with E-state index in [1.807, 2.05) is 13.0 Å². The van der Waals surface area contributed by atoms with Crippen LogP contribution in [0.1, 0.15) is 5.56 Å². The van der Waals surface area contributed by atoms with Crippen molar-refractivity contribution in [1.29, 1.82) is 0 Å². The Kier molecular flexibility index (Phi) is 4.27. The van der Waals surface area contributed by atoms with Gasteiger partial charge in [-0.1, -0.05) is 33.6 Å². The summed E-state index contributed by atoms with van der Waals surface area (Å²) in [6, 6.07) is 9.49. The third kappa shape index (κ3) is 3.08. The van der Waals surface area contributed by atoms with Crippen molar-refractivity contribution in [1.82, 2.24) is 0 Å². The van der Waals surface area contributed by atoms with Crippen molar-refractivity contribution in [2.24, 2.45) is 0 Å². The fourth-order valence-electron chi connectivity index (χ4n) is 1.61. The highest BCUT2D eigenvalue weighted by Crippen LogP contribution is 2.27. The van der Waals surface area contributed by atoms with E-state index in [1.54, 1.807) is 12.1 Å². The molecule has 0 aliphatic carbocycles. The largest absolute Gasteiger partial charge is 0.397 e. The van der Waals surface area contributed by atoms with Crippen LogP contribution in [0, 0.1) is 6.92 Å². The molecule has 0 radical (unpaired) electrons. The Bertz CT molecular complexity index is 763. The number of sulfonamides is 1. The first-order valence-corrected chi connectivity index (χ1v) is 8.29. The first-order chi connectivity index (χ1) is 9.31. The van der Waals surface area contributed by atoms with Crippen LogP contribution in [0.25, 0.3) is 0 Å². The van der Waals surface area contributed by atoms with Gasteiger partial charge in [-0.05, 0) is 42.8 Å². The van der Waals surface area contributed by atoms with Crippen molar-refractivity contribution >= 4 is 48.9 Å². The molecule has 0 aromatic heterocycles. The van der Waals surface area contributed by atoms with E-state index in [2.05, 4.69) is 20.7 Å². The summed E-state index contributed by atoms with van der Waals surface area (Å²) in [5.41, 5.74) is 7.17. The number of benzene rings is 2. The second kappa shape index (κ2) is 5.63. The molecule has 7 heteroatoms. The third-order valence-electron chi connectivity index (χ3n) is 2.79. The van der Waals surface area contributed by atoms with Crippen molar-refractivity contribution in [3.63, 3.8) is 0 Å². The fraction of sp³-hybridized carbons (Fsp3) is 0.0769. The number of halogens is 2. The van der Waals surface area contributed by atoms with Crippen LogP contribution in [0.15, 0.2) is 45.8 Å². The third-order valence-corrected chi connectivity index (χ3v) is 5.36. The lowest BCUT2D eigenvalue weighted by Gasteiger charge is -2.12. The number of hydrogen-bond acceptors (Lipinski definition) is 3. The highest BCUT2D eigenvalue weighted by molar-refractivity contribution is 9.10. The van der Waals surface area contributed by atoms with Gasteiger partial charge in [0, 0.05) is 4.47 Å². The van der Waals surface area contributed by atoms with E-state index in [9.17, 15) is 8.42 Å². The molecule has 0 heterocycles. The van der Waals surface area contributed by atoms with E-state index in [0.29, 0.717) is 10.7 Å². The van der Waals surface area contributed by atoms with Gasteiger partial charge in [-0.3, -0.25) is 4.72 Å². The molecule has 2 rings (SSSR count). The minimum atomic E-state index is -3.70. The van der Waals surface area contributed by atoms with Gasteiger partial charge in [0.05, 0.1) is 21.3 Å². The number of nitrogens with one attached hydrogen (secondary N) is 1. The van der Waals surface area contributed by atoms with Crippen molar-refractivity contribution in [3.05, 3.63) is 51.5 Å². The Morgan fingerprint density at radius 1 is 1.25 bits per heavy atom. The number of nitrogen functional groups attached to an aromatic ring is 1. The van der Waals surface area contributed by atoms with E-state index < -0.39 is 10.0 Å². The van der Waals surface area contributed by atoms with Crippen LogP contribution in [0.3, 0.4) is 0 Å². The molecule has 0 saturated carbocycles. The predicted molar refractivity (Wildman–Crippen MR) is 85.6 cm³/mol. The van der Waals surface area contributed by atoms with Crippen LogP contribution in [0.5, 0.6) is 0 Å². The number of nitrogens with two attached hydrogens (primary N) is 1. The first kappa shape index (κ1) is 15.2. The summed E-state index contributed by atoms with van der Waals surface area (Å²) >= 11 is 9.15. The average molecular weight is 376 g/mol. The van der Waals surface area contributed by atoms with E-state index in [1.165, 1.54) is 18.2 Å². The van der Waals surface area contributed by atoms with Gasteiger partial charge in [-0.15, -0.1) is 0 Å². The predicted octanol–water partition coefficient (Wildman–Crippen LogP) is 3.79. The number of hydrogen-bond donors (Lipinski definition) is 2. The summed E-state index contributed by atoms with van der Waals surface area (Å²) in [5, 5.41) is 0.322. The Morgan fingerprint density at radius 2 is 1.95 bits per heavy atom. The Labute approximate surface area is 131 Å². The molecule has 3 N–H and O–H groups in total. The van der Waals surface area contributed by atoms with Gasteiger partial charge in [0.1, 0.15) is 0 Å². The lowest BCUT2D eigenvalue weighted by Crippen LogP contribution is -2.14. The van der Waals surface area contributed by atoms with Crippen LogP contribution < -0.4 is 10.5 Å². The average Bonchev–Trinajstić information content (AvgIpc) is 2.38. The van der Waals surface area contributed by atoms with Crippen LogP contribution >= 0.6 is 27.5 Å². The highest BCUT2D eigenvalue weighted by atomic mass is 79.9. The monoisotopic (exact) mass is 374 g/mol. The summed E-state index contributed by atoms with van der Waals surface area (Å²) in [6.45, 7) is 1.82. The van der Waals surface area contributed by atoms with Crippen LogP contribution in [-0.2, 0) is 10.0 Å². The van der Waals surface area contributed by atoms with Crippen LogP contribution in [-0.4, -0.2) is 8.42 Å². The van der Waals surface area contributed by atoms with Gasteiger partial charge in [-0.2, -0.15) is 0 Å². The molecule has 0 aliphatic heterocycles. The van der Waals surface area contributed by atoms with Gasteiger partial charge in [0.25, 0.3) is 10.0 Å². The maximum absolute atomic E-state index is 12.3. The maximum Gasteiger partial charge on any atom is 0.261 e. The highest BCUT2D eigenvalue weighted by Gasteiger charge is 2.16. The number of anilines is 2. The minimum absolute atomic E-state index is 0.0683. The van der Waals surface area contributed by atoms with Gasteiger partial charge >= 0.3 is 0 Å². The fourth-order valence-corrected chi connectivity index (χ4v) is 3.25. The van der Waals surface area contributed by atoms with Gasteiger partial charge < -0.3 is 5.73 Å². The molecule has 0 bridgehead atoms. The molecule has 0 spiro atoms. The van der Waals surface area contributed by atoms with Gasteiger partial charge in [0.2, 0.25) is 0 Å². The van der Waals surface area contributed by atoms with E-state index >= 15 is 0 Å². The van der Waals surface area contributed by atoms with Crippen molar-refractivity contribution in [2.45, 2.75) is 11.8 Å². The van der Waals surface area contributed by atoms with E-state index in [4.69, 9.17) is 17.3 Å². The lowest BCUT2D eigenvalue weighted by atomic mass is 10.2. The lowest BCUT2D eigenvalue weighted by molar-refractivity contribution is 0.601.